The summed E-state index contributed by atoms with van der Waals surface area (Å²) < 4.78 is 0. The van der Waals surface area contributed by atoms with Gasteiger partial charge in [0.1, 0.15) is 0 Å². The van der Waals surface area contributed by atoms with Gasteiger partial charge in [-0.15, -0.1) is 0 Å². The van der Waals surface area contributed by atoms with E-state index >= 15 is 0 Å². The minimum absolute atomic E-state index is 0.0207. The van der Waals surface area contributed by atoms with Crippen LogP contribution in [0.5, 0.6) is 0 Å². The number of rotatable bonds is 1. The van der Waals surface area contributed by atoms with Gasteiger partial charge in [0.05, 0.1) is 12.1 Å². The molecule has 3 amide bonds. The van der Waals surface area contributed by atoms with Gasteiger partial charge in [0.2, 0.25) is 0 Å². The monoisotopic (exact) mass is 227 g/mol. The Hall–Kier alpha value is -1.46. The first-order chi connectivity index (χ1) is 7.61. The molecular formula is C10H17N3O3. The van der Waals surface area contributed by atoms with Crippen molar-refractivity contribution in [3.63, 3.8) is 0 Å². The van der Waals surface area contributed by atoms with Crippen molar-refractivity contribution >= 4 is 12.1 Å². The van der Waals surface area contributed by atoms with Crippen LogP contribution >= 0.6 is 0 Å². The van der Waals surface area contributed by atoms with Crippen LogP contribution in [0.4, 0.5) is 9.59 Å². The van der Waals surface area contributed by atoms with Gasteiger partial charge < -0.3 is 20.2 Å². The highest BCUT2D eigenvalue weighted by Crippen LogP contribution is 2.23. The summed E-state index contributed by atoms with van der Waals surface area (Å²) in [6.45, 7) is 3.79. The zero-order chi connectivity index (χ0) is 11.7. The molecule has 2 saturated heterocycles. The van der Waals surface area contributed by atoms with E-state index in [1.165, 1.54) is 4.90 Å². The minimum Gasteiger partial charge on any atom is -0.465 e. The lowest BCUT2D eigenvalue weighted by Crippen LogP contribution is -2.56. The molecule has 6 nitrogen and oxygen atoms in total. The lowest BCUT2D eigenvalue weighted by molar-refractivity contribution is 0.0678. The van der Waals surface area contributed by atoms with Crippen molar-refractivity contribution in [1.82, 2.24) is 15.1 Å². The lowest BCUT2D eigenvalue weighted by atomic mass is 9.96. The zero-order valence-electron chi connectivity index (χ0n) is 9.35. The fourth-order valence-electron chi connectivity index (χ4n) is 2.61. The standard InChI is InChI=1S/C10H17N3O3/c1-7-8(13-6-4-11-9(13)14)3-2-5-12(7)10(15)16/h7-8H,2-6H2,1H3,(H,11,14)(H,15,16). The van der Waals surface area contributed by atoms with Crippen LogP contribution in [0.2, 0.25) is 0 Å². The van der Waals surface area contributed by atoms with Crippen LogP contribution in [0, 0.1) is 0 Å². The molecule has 90 valence electrons. The summed E-state index contributed by atoms with van der Waals surface area (Å²) >= 11 is 0. The average molecular weight is 227 g/mol. The Morgan fingerprint density at radius 2 is 2.25 bits per heavy atom. The van der Waals surface area contributed by atoms with Crippen molar-refractivity contribution in [1.29, 1.82) is 0 Å². The fourth-order valence-corrected chi connectivity index (χ4v) is 2.61. The van der Waals surface area contributed by atoms with Crippen molar-refractivity contribution in [2.24, 2.45) is 0 Å². The topological polar surface area (TPSA) is 72.9 Å². The van der Waals surface area contributed by atoms with E-state index in [2.05, 4.69) is 5.32 Å². The van der Waals surface area contributed by atoms with Crippen molar-refractivity contribution in [2.75, 3.05) is 19.6 Å². The molecule has 0 aromatic rings. The van der Waals surface area contributed by atoms with Gasteiger partial charge in [0.15, 0.2) is 0 Å². The number of nitrogens with zero attached hydrogens (tertiary/aromatic N) is 2. The molecule has 0 saturated carbocycles. The van der Waals surface area contributed by atoms with Gasteiger partial charge in [-0.2, -0.15) is 0 Å². The second kappa shape index (κ2) is 4.19. The smallest absolute Gasteiger partial charge is 0.407 e. The van der Waals surface area contributed by atoms with Crippen LogP contribution < -0.4 is 5.32 Å². The van der Waals surface area contributed by atoms with Gasteiger partial charge >= 0.3 is 12.1 Å². The first kappa shape index (κ1) is 11.0. The summed E-state index contributed by atoms with van der Waals surface area (Å²) in [5.74, 6) is 0. The first-order valence-electron chi connectivity index (χ1n) is 5.65. The van der Waals surface area contributed by atoms with Crippen LogP contribution in [0.3, 0.4) is 0 Å². The molecule has 0 aromatic carbocycles. The molecule has 16 heavy (non-hydrogen) atoms. The molecule has 0 bridgehead atoms. The maximum absolute atomic E-state index is 11.5. The highest BCUT2D eigenvalue weighted by Gasteiger charge is 2.38. The number of hydrogen-bond acceptors (Lipinski definition) is 2. The zero-order valence-corrected chi connectivity index (χ0v) is 9.35. The maximum Gasteiger partial charge on any atom is 0.407 e. The van der Waals surface area contributed by atoms with E-state index in [-0.39, 0.29) is 18.1 Å². The minimum atomic E-state index is -0.892. The SMILES string of the molecule is CC1C(N2CCNC2=O)CCCN1C(=O)O. The van der Waals surface area contributed by atoms with Crippen LogP contribution in [-0.2, 0) is 0 Å². The molecule has 2 rings (SSSR count). The predicted molar refractivity (Wildman–Crippen MR) is 57.3 cm³/mol. The summed E-state index contributed by atoms with van der Waals surface area (Å²) in [5, 5.41) is 11.8. The average Bonchev–Trinajstić information content (AvgIpc) is 2.64. The Kier molecular flexibility index (Phi) is 2.89. The molecule has 0 spiro atoms. The Labute approximate surface area is 94.2 Å². The third-order valence-electron chi connectivity index (χ3n) is 3.48. The van der Waals surface area contributed by atoms with E-state index in [0.29, 0.717) is 19.6 Å². The Balaban J connectivity index is 2.09. The first-order valence-corrected chi connectivity index (χ1v) is 5.65. The number of likely N-dealkylation sites (tertiary alicyclic amines) is 1. The van der Waals surface area contributed by atoms with E-state index in [0.717, 1.165) is 12.8 Å². The number of carbonyl (C=O) groups excluding carboxylic acids is 1. The molecule has 2 fully saturated rings. The lowest BCUT2D eigenvalue weighted by Gasteiger charge is -2.41. The number of piperidine rings is 1. The van der Waals surface area contributed by atoms with E-state index in [9.17, 15) is 9.59 Å². The summed E-state index contributed by atoms with van der Waals surface area (Å²) in [5.41, 5.74) is 0. The molecule has 6 heteroatoms. The fraction of sp³-hybridized carbons (Fsp3) is 0.800. The molecular weight excluding hydrogens is 210 g/mol. The number of nitrogens with one attached hydrogen (secondary N) is 1. The number of carboxylic acid groups (broad SMARTS) is 1. The number of hydrogen-bond donors (Lipinski definition) is 2. The second-order valence-electron chi connectivity index (χ2n) is 4.35. The van der Waals surface area contributed by atoms with Gasteiger partial charge in [-0.1, -0.05) is 0 Å². The summed E-state index contributed by atoms with van der Waals surface area (Å²) in [7, 11) is 0. The molecule has 0 aromatic heterocycles. The van der Waals surface area contributed by atoms with Crippen molar-refractivity contribution in [3.05, 3.63) is 0 Å². The summed E-state index contributed by atoms with van der Waals surface area (Å²) in [6.07, 6.45) is 0.820. The largest absolute Gasteiger partial charge is 0.465 e. The van der Waals surface area contributed by atoms with Crippen LogP contribution in [-0.4, -0.2) is 58.7 Å². The van der Waals surface area contributed by atoms with Gasteiger partial charge in [-0.3, -0.25) is 0 Å². The highest BCUT2D eigenvalue weighted by molar-refractivity contribution is 5.76. The summed E-state index contributed by atoms with van der Waals surface area (Å²) in [6, 6.07) is -0.161. The third kappa shape index (κ3) is 1.79. The van der Waals surface area contributed by atoms with E-state index < -0.39 is 6.09 Å². The molecule has 2 atom stereocenters. The Morgan fingerprint density at radius 3 is 2.81 bits per heavy atom. The van der Waals surface area contributed by atoms with Crippen LogP contribution in [0.25, 0.3) is 0 Å². The Morgan fingerprint density at radius 1 is 1.50 bits per heavy atom. The molecule has 2 N–H and O–H groups in total. The molecule has 0 radical (unpaired) electrons. The summed E-state index contributed by atoms with van der Waals surface area (Å²) in [4.78, 5) is 25.8. The third-order valence-corrected chi connectivity index (χ3v) is 3.48. The second-order valence-corrected chi connectivity index (χ2v) is 4.35. The quantitative estimate of drug-likeness (QED) is 0.686. The molecule has 2 unspecified atom stereocenters. The van der Waals surface area contributed by atoms with Crippen LogP contribution in [0.15, 0.2) is 0 Å². The van der Waals surface area contributed by atoms with E-state index in [1.807, 2.05) is 6.92 Å². The molecule has 2 aliphatic rings. The van der Waals surface area contributed by atoms with Gasteiger partial charge in [0, 0.05) is 19.6 Å². The van der Waals surface area contributed by atoms with Crippen molar-refractivity contribution < 1.29 is 14.7 Å². The van der Waals surface area contributed by atoms with E-state index in [1.54, 1.807) is 4.90 Å². The van der Waals surface area contributed by atoms with Gasteiger partial charge in [-0.25, -0.2) is 9.59 Å². The number of urea groups is 1. The van der Waals surface area contributed by atoms with Gasteiger partial charge in [-0.05, 0) is 19.8 Å². The normalized spacial score (nSPS) is 30.4. The van der Waals surface area contributed by atoms with E-state index in [4.69, 9.17) is 5.11 Å². The number of carbonyl (C=O) groups is 2. The maximum atomic E-state index is 11.5. The van der Waals surface area contributed by atoms with Gasteiger partial charge in [0.25, 0.3) is 0 Å². The molecule has 2 aliphatic heterocycles. The number of amides is 3. The molecule has 2 heterocycles. The van der Waals surface area contributed by atoms with Crippen molar-refractivity contribution in [2.45, 2.75) is 31.8 Å². The molecule has 0 aliphatic carbocycles. The van der Waals surface area contributed by atoms with Crippen molar-refractivity contribution in [3.8, 4) is 0 Å². The predicted octanol–water partition coefficient (Wildman–Crippen LogP) is 0.542. The van der Waals surface area contributed by atoms with Crippen LogP contribution in [0.1, 0.15) is 19.8 Å². The highest BCUT2D eigenvalue weighted by atomic mass is 16.4. The Bertz CT molecular complexity index is 308.